The lowest BCUT2D eigenvalue weighted by Crippen LogP contribution is -2.15. The lowest BCUT2D eigenvalue weighted by Gasteiger charge is -2.19. The van der Waals surface area contributed by atoms with Gasteiger partial charge in [-0.25, -0.2) is 4.39 Å². The molecule has 0 spiro atoms. The Balaban J connectivity index is 1.38. The van der Waals surface area contributed by atoms with E-state index in [4.69, 9.17) is 9.47 Å². The van der Waals surface area contributed by atoms with Crippen molar-refractivity contribution in [1.29, 1.82) is 0 Å². The average molecular weight is 367 g/mol. The molecule has 0 aliphatic carbocycles. The van der Waals surface area contributed by atoms with E-state index in [-0.39, 0.29) is 5.82 Å². The number of hydrogen-bond donors (Lipinski definition) is 2. The third kappa shape index (κ3) is 4.22. The normalized spacial score (nSPS) is 12.5. The van der Waals surface area contributed by atoms with Crippen molar-refractivity contribution in [2.24, 2.45) is 0 Å². The number of nitrogens with one attached hydrogen (secondary N) is 2. The van der Waals surface area contributed by atoms with Gasteiger partial charge in [-0.15, -0.1) is 5.10 Å². The molecule has 0 amide bonds. The second-order valence-electron chi connectivity index (χ2n) is 5.92. The van der Waals surface area contributed by atoms with Crippen molar-refractivity contribution in [3.63, 3.8) is 0 Å². The molecule has 0 radical (unpaired) electrons. The van der Waals surface area contributed by atoms with Crippen molar-refractivity contribution in [2.75, 3.05) is 30.4 Å². The maximum absolute atomic E-state index is 13.6. The molecule has 1 aromatic heterocycles. The van der Waals surface area contributed by atoms with Crippen molar-refractivity contribution in [1.82, 2.24) is 15.2 Å². The van der Waals surface area contributed by atoms with Gasteiger partial charge in [-0.2, -0.15) is 10.1 Å². The molecule has 4 rings (SSSR count). The van der Waals surface area contributed by atoms with Gasteiger partial charge in [0.15, 0.2) is 17.3 Å². The minimum atomic E-state index is -0.207. The summed E-state index contributed by atoms with van der Waals surface area (Å²) in [5.41, 5.74) is 1.42. The second kappa shape index (κ2) is 7.86. The van der Waals surface area contributed by atoms with Crippen molar-refractivity contribution >= 4 is 17.5 Å². The van der Waals surface area contributed by atoms with E-state index >= 15 is 0 Å². The van der Waals surface area contributed by atoms with Crippen molar-refractivity contribution < 1.29 is 13.9 Å². The smallest absolute Gasteiger partial charge is 0.249 e. The number of aromatic nitrogens is 3. The van der Waals surface area contributed by atoms with E-state index in [1.165, 1.54) is 12.3 Å². The molecule has 3 aromatic rings. The van der Waals surface area contributed by atoms with Gasteiger partial charge < -0.3 is 20.1 Å². The summed E-state index contributed by atoms with van der Waals surface area (Å²) in [5.74, 6) is 2.10. The van der Waals surface area contributed by atoms with Gasteiger partial charge in [0.1, 0.15) is 19.0 Å². The van der Waals surface area contributed by atoms with E-state index in [0.29, 0.717) is 49.3 Å². The predicted octanol–water partition coefficient (Wildman–Crippen LogP) is 3.18. The molecular weight excluding hydrogens is 349 g/mol. The number of anilines is 3. The Morgan fingerprint density at radius 1 is 1.04 bits per heavy atom. The van der Waals surface area contributed by atoms with Crippen LogP contribution >= 0.6 is 0 Å². The Kier molecular flexibility index (Phi) is 4.95. The van der Waals surface area contributed by atoms with Crippen LogP contribution in [0, 0.1) is 5.82 Å². The monoisotopic (exact) mass is 367 g/mol. The van der Waals surface area contributed by atoms with E-state index in [9.17, 15) is 4.39 Å². The summed E-state index contributed by atoms with van der Waals surface area (Å²) in [7, 11) is 0. The molecule has 0 saturated heterocycles. The first-order chi connectivity index (χ1) is 13.3. The molecule has 0 bridgehead atoms. The molecule has 0 saturated carbocycles. The largest absolute Gasteiger partial charge is 0.486 e. The fourth-order valence-electron chi connectivity index (χ4n) is 2.72. The SMILES string of the molecule is Fc1ccccc1CCNc1cnnc(Nc2ccc3c(c2)OCCO3)n1. The van der Waals surface area contributed by atoms with Crippen LogP contribution in [-0.2, 0) is 6.42 Å². The standard InChI is InChI=1S/C19H18FN5O2/c20-15-4-2-1-3-13(15)7-8-21-18-12-22-25-19(24-18)23-14-5-6-16-17(11-14)27-10-9-26-16/h1-6,11-12H,7-10H2,(H2,21,23,24,25). The maximum Gasteiger partial charge on any atom is 0.249 e. The van der Waals surface area contributed by atoms with Crippen LogP contribution in [0.5, 0.6) is 11.5 Å². The molecule has 27 heavy (non-hydrogen) atoms. The van der Waals surface area contributed by atoms with Gasteiger partial charge in [0.2, 0.25) is 5.95 Å². The lowest BCUT2D eigenvalue weighted by molar-refractivity contribution is 0.171. The van der Waals surface area contributed by atoms with Gasteiger partial charge in [-0.1, -0.05) is 18.2 Å². The van der Waals surface area contributed by atoms with Crippen LogP contribution in [0.2, 0.25) is 0 Å². The summed E-state index contributed by atoms with van der Waals surface area (Å²) in [6.45, 7) is 1.60. The minimum absolute atomic E-state index is 0.207. The van der Waals surface area contributed by atoms with Gasteiger partial charge in [-0.3, -0.25) is 0 Å². The Hall–Kier alpha value is -3.42. The molecule has 2 N–H and O–H groups in total. The quantitative estimate of drug-likeness (QED) is 0.692. The highest BCUT2D eigenvalue weighted by molar-refractivity contribution is 5.60. The van der Waals surface area contributed by atoms with Crippen LogP contribution in [0.25, 0.3) is 0 Å². The zero-order valence-corrected chi connectivity index (χ0v) is 14.5. The third-order valence-corrected chi connectivity index (χ3v) is 4.02. The fourth-order valence-corrected chi connectivity index (χ4v) is 2.72. The fraction of sp³-hybridized carbons (Fsp3) is 0.211. The topological polar surface area (TPSA) is 81.2 Å². The average Bonchev–Trinajstić information content (AvgIpc) is 2.70. The molecule has 2 aromatic carbocycles. The molecule has 1 aliphatic heterocycles. The van der Waals surface area contributed by atoms with Crippen molar-refractivity contribution in [2.45, 2.75) is 6.42 Å². The molecule has 0 atom stereocenters. The highest BCUT2D eigenvalue weighted by atomic mass is 19.1. The number of ether oxygens (including phenoxy) is 2. The van der Waals surface area contributed by atoms with Crippen LogP contribution in [0.3, 0.4) is 0 Å². The van der Waals surface area contributed by atoms with Crippen molar-refractivity contribution in [3.8, 4) is 11.5 Å². The van der Waals surface area contributed by atoms with Gasteiger partial charge in [0.05, 0.1) is 6.20 Å². The minimum Gasteiger partial charge on any atom is -0.486 e. The van der Waals surface area contributed by atoms with Gasteiger partial charge >= 0.3 is 0 Å². The first kappa shape index (κ1) is 17.0. The second-order valence-corrected chi connectivity index (χ2v) is 5.92. The number of fused-ring (bicyclic) bond motifs is 1. The number of benzene rings is 2. The Morgan fingerprint density at radius 2 is 1.89 bits per heavy atom. The summed E-state index contributed by atoms with van der Waals surface area (Å²) >= 11 is 0. The summed E-state index contributed by atoms with van der Waals surface area (Å²) in [6.07, 6.45) is 2.07. The summed E-state index contributed by atoms with van der Waals surface area (Å²) in [5, 5.41) is 14.1. The van der Waals surface area contributed by atoms with Crippen LogP contribution in [0.15, 0.2) is 48.7 Å². The van der Waals surface area contributed by atoms with E-state index in [1.807, 2.05) is 24.3 Å². The van der Waals surface area contributed by atoms with Crippen LogP contribution < -0.4 is 20.1 Å². The maximum atomic E-state index is 13.6. The molecule has 8 heteroatoms. The molecular formula is C19H18FN5O2. The lowest BCUT2D eigenvalue weighted by atomic mass is 10.1. The summed E-state index contributed by atoms with van der Waals surface area (Å²) < 4.78 is 24.7. The highest BCUT2D eigenvalue weighted by Crippen LogP contribution is 2.33. The number of halogens is 1. The zero-order valence-electron chi connectivity index (χ0n) is 14.5. The zero-order chi connectivity index (χ0) is 18.5. The van der Waals surface area contributed by atoms with E-state index < -0.39 is 0 Å². The summed E-state index contributed by atoms with van der Waals surface area (Å²) in [6, 6.07) is 12.2. The van der Waals surface area contributed by atoms with Crippen LogP contribution in [0.4, 0.5) is 21.8 Å². The van der Waals surface area contributed by atoms with Crippen LogP contribution in [-0.4, -0.2) is 34.9 Å². The first-order valence-corrected chi connectivity index (χ1v) is 8.61. The first-order valence-electron chi connectivity index (χ1n) is 8.61. The van der Waals surface area contributed by atoms with Crippen molar-refractivity contribution in [3.05, 3.63) is 60.0 Å². The molecule has 2 heterocycles. The van der Waals surface area contributed by atoms with Gasteiger partial charge in [0, 0.05) is 18.3 Å². The predicted molar refractivity (Wildman–Crippen MR) is 99.1 cm³/mol. The number of hydrogen-bond acceptors (Lipinski definition) is 7. The molecule has 0 unspecified atom stereocenters. The van der Waals surface area contributed by atoms with Crippen LogP contribution in [0.1, 0.15) is 5.56 Å². The van der Waals surface area contributed by atoms with E-state index in [2.05, 4.69) is 25.8 Å². The van der Waals surface area contributed by atoms with Gasteiger partial charge in [-0.05, 0) is 30.2 Å². The van der Waals surface area contributed by atoms with Gasteiger partial charge in [0.25, 0.3) is 0 Å². The van der Waals surface area contributed by atoms with E-state index in [1.54, 1.807) is 12.1 Å². The molecule has 1 aliphatic rings. The Bertz CT molecular complexity index is 937. The Labute approximate surface area is 155 Å². The molecule has 7 nitrogen and oxygen atoms in total. The highest BCUT2D eigenvalue weighted by Gasteiger charge is 2.12. The molecule has 0 fully saturated rings. The number of nitrogens with zero attached hydrogens (tertiary/aromatic N) is 3. The number of rotatable bonds is 6. The summed E-state index contributed by atoms with van der Waals surface area (Å²) in [4.78, 5) is 4.37. The third-order valence-electron chi connectivity index (χ3n) is 4.02. The molecule has 138 valence electrons. The van der Waals surface area contributed by atoms with E-state index in [0.717, 1.165) is 11.4 Å². The Morgan fingerprint density at radius 3 is 2.78 bits per heavy atom.